The second-order valence-corrected chi connectivity index (χ2v) is 5.11. The van der Waals surface area contributed by atoms with Crippen molar-refractivity contribution >= 4 is 28.7 Å². The lowest BCUT2D eigenvalue weighted by molar-refractivity contribution is -0.162. The molecule has 7 heteroatoms. The van der Waals surface area contributed by atoms with Crippen LogP contribution in [0.5, 0.6) is 0 Å². The number of amides is 1. The van der Waals surface area contributed by atoms with Crippen LogP contribution < -0.4 is 5.32 Å². The highest BCUT2D eigenvalue weighted by atomic mass is 16.4. The minimum Gasteiger partial charge on any atom is -0.479 e. The number of fused-ring (bicyclic) bond motifs is 1. The van der Waals surface area contributed by atoms with Gasteiger partial charge in [-0.25, -0.2) is 9.59 Å². The van der Waals surface area contributed by atoms with Gasteiger partial charge in [-0.15, -0.1) is 0 Å². The Morgan fingerprint density at radius 3 is 2.32 bits per heavy atom. The van der Waals surface area contributed by atoms with E-state index in [4.69, 9.17) is 0 Å². The van der Waals surface area contributed by atoms with Gasteiger partial charge in [-0.05, 0) is 11.6 Å². The highest BCUT2D eigenvalue weighted by Gasteiger charge is 2.53. The van der Waals surface area contributed by atoms with Crippen LogP contribution in [0.2, 0.25) is 0 Å². The van der Waals surface area contributed by atoms with E-state index in [1.54, 1.807) is 24.4 Å². The normalized spacial score (nSPS) is 12.8. The molecule has 1 aromatic carbocycles. The fourth-order valence-electron chi connectivity index (χ4n) is 2.64. The Morgan fingerprint density at radius 2 is 1.77 bits per heavy atom. The van der Waals surface area contributed by atoms with Crippen LogP contribution in [-0.2, 0) is 14.4 Å². The monoisotopic (exact) mass is 304 g/mol. The third kappa shape index (κ3) is 2.30. The number of aromatic amines is 1. The molecule has 1 atom stereocenters. The predicted octanol–water partition coefficient (Wildman–Crippen LogP) is 1.32. The van der Waals surface area contributed by atoms with Gasteiger partial charge in [0.15, 0.2) is 0 Å². The van der Waals surface area contributed by atoms with Crippen molar-refractivity contribution in [3.8, 4) is 0 Å². The number of H-pyrrole nitrogens is 1. The summed E-state index contributed by atoms with van der Waals surface area (Å²) < 4.78 is 0. The van der Waals surface area contributed by atoms with Crippen LogP contribution in [0, 0.1) is 0 Å². The van der Waals surface area contributed by atoms with Crippen molar-refractivity contribution in [2.24, 2.45) is 0 Å². The molecule has 2 aromatic rings. The molecule has 7 nitrogen and oxygen atoms in total. The van der Waals surface area contributed by atoms with Crippen molar-refractivity contribution in [2.75, 3.05) is 0 Å². The Hall–Kier alpha value is -2.83. The van der Waals surface area contributed by atoms with Gasteiger partial charge in [0, 0.05) is 29.9 Å². The first-order valence-corrected chi connectivity index (χ1v) is 6.62. The van der Waals surface area contributed by atoms with E-state index in [-0.39, 0.29) is 0 Å². The van der Waals surface area contributed by atoms with Gasteiger partial charge in [-0.1, -0.05) is 25.1 Å². The van der Waals surface area contributed by atoms with Crippen LogP contribution in [0.15, 0.2) is 30.5 Å². The number of carboxylic acids is 2. The minimum atomic E-state index is -2.43. The van der Waals surface area contributed by atoms with E-state index in [0.717, 1.165) is 12.4 Å². The Bertz CT molecular complexity index is 735. The number of carbonyl (C=O) groups excluding carboxylic acids is 1. The minimum absolute atomic E-state index is 0.508. The maximum Gasteiger partial charge on any atom is 0.341 e. The third-order valence-corrected chi connectivity index (χ3v) is 3.79. The van der Waals surface area contributed by atoms with Crippen molar-refractivity contribution in [1.29, 1.82) is 0 Å². The summed E-state index contributed by atoms with van der Waals surface area (Å²) in [4.78, 5) is 37.7. The Balaban J connectivity index is 2.63. The van der Waals surface area contributed by atoms with E-state index >= 15 is 0 Å². The fraction of sp³-hybridized carbons (Fsp3) is 0.267. The molecule has 0 fully saturated rings. The van der Waals surface area contributed by atoms with Crippen molar-refractivity contribution < 1.29 is 24.6 Å². The zero-order valence-electron chi connectivity index (χ0n) is 12.1. The summed E-state index contributed by atoms with van der Waals surface area (Å²) in [5.41, 5.74) is -1.16. The van der Waals surface area contributed by atoms with Gasteiger partial charge in [0.25, 0.3) is 0 Å². The number of hydrogen-bond acceptors (Lipinski definition) is 3. The molecule has 0 aliphatic heterocycles. The Labute approximate surface area is 125 Å². The molecule has 1 aromatic heterocycles. The first-order chi connectivity index (χ1) is 10.3. The SMILES string of the molecule is CC(=O)NC(C(=O)O)(C(=O)O)C(C)c1c[nH]c2ccccc12. The lowest BCUT2D eigenvalue weighted by Gasteiger charge is -2.31. The van der Waals surface area contributed by atoms with Gasteiger partial charge in [-0.2, -0.15) is 0 Å². The van der Waals surface area contributed by atoms with Crippen molar-refractivity contribution in [3.05, 3.63) is 36.0 Å². The molecule has 1 heterocycles. The van der Waals surface area contributed by atoms with Crippen molar-refractivity contribution in [1.82, 2.24) is 10.3 Å². The van der Waals surface area contributed by atoms with Crippen LogP contribution >= 0.6 is 0 Å². The average Bonchev–Trinajstić information content (AvgIpc) is 2.86. The zero-order valence-corrected chi connectivity index (χ0v) is 12.1. The molecule has 1 amide bonds. The van der Waals surface area contributed by atoms with E-state index in [2.05, 4.69) is 10.3 Å². The van der Waals surface area contributed by atoms with Gasteiger partial charge in [0.05, 0.1) is 0 Å². The van der Waals surface area contributed by atoms with E-state index in [9.17, 15) is 24.6 Å². The lowest BCUT2D eigenvalue weighted by atomic mass is 9.80. The smallest absolute Gasteiger partial charge is 0.341 e. The summed E-state index contributed by atoms with van der Waals surface area (Å²) in [6, 6.07) is 7.14. The molecule has 0 saturated carbocycles. The third-order valence-electron chi connectivity index (χ3n) is 3.79. The van der Waals surface area contributed by atoms with Crippen molar-refractivity contribution in [3.63, 3.8) is 0 Å². The van der Waals surface area contributed by atoms with E-state index in [1.165, 1.54) is 6.92 Å². The number of rotatable bonds is 5. The maximum absolute atomic E-state index is 11.7. The second-order valence-electron chi connectivity index (χ2n) is 5.11. The van der Waals surface area contributed by atoms with Crippen LogP contribution in [-0.4, -0.2) is 38.6 Å². The van der Waals surface area contributed by atoms with E-state index in [1.807, 2.05) is 6.07 Å². The second kappa shape index (κ2) is 5.51. The summed E-state index contributed by atoms with van der Waals surface area (Å²) in [5.74, 6) is -4.94. The molecule has 2 rings (SSSR count). The first kappa shape index (κ1) is 15.6. The number of nitrogens with one attached hydrogen (secondary N) is 2. The molecule has 1 unspecified atom stereocenters. The summed E-state index contributed by atoms with van der Waals surface area (Å²) in [5, 5.41) is 21.8. The number of carbonyl (C=O) groups is 3. The van der Waals surface area contributed by atoms with Crippen LogP contribution in [0.1, 0.15) is 25.3 Å². The fourth-order valence-corrected chi connectivity index (χ4v) is 2.64. The van der Waals surface area contributed by atoms with Gasteiger partial charge in [0.1, 0.15) is 0 Å². The number of carboxylic acid groups (broad SMARTS) is 2. The van der Waals surface area contributed by atoms with Crippen molar-refractivity contribution in [2.45, 2.75) is 25.3 Å². The molecule has 0 aliphatic rings. The highest BCUT2D eigenvalue weighted by Crippen LogP contribution is 2.34. The largest absolute Gasteiger partial charge is 0.479 e. The standard InChI is InChI=1S/C15H16N2O5/c1-8(11-7-16-12-6-4-3-5-10(11)12)15(13(19)20,14(21)22)17-9(2)18/h3-8,16H,1-2H3,(H,17,18)(H,19,20)(H,21,22). The Kier molecular flexibility index (Phi) is 3.90. The quantitative estimate of drug-likeness (QED) is 0.621. The van der Waals surface area contributed by atoms with Gasteiger partial charge < -0.3 is 20.5 Å². The number of para-hydroxylation sites is 1. The first-order valence-electron chi connectivity index (χ1n) is 6.62. The molecule has 0 radical (unpaired) electrons. The summed E-state index contributed by atoms with van der Waals surface area (Å²) in [6.45, 7) is 2.55. The van der Waals surface area contributed by atoms with Crippen LogP contribution in [0.4, 0.5) is 0 Å². The Morgan fingerprint density at radius 1 is 1.18 bits per heavy atom. The van der Waals surface area contributed by atoms with Gasteiger partial charge >= 0.3 is 11.9 Å². The average molecular weight is 304 g/mol. The maximum atomic E-state index is 11.7. The van der Waals surface area contributed by atoms with E-state index in [0.29, 0.717) is 10.9 Å². The summed E-state index contributed by atoms with van der Waals surface area (Å²) in [7, 11) is 0. The molecule has 116 valence electrons. The predicted molar refractivity (Wildman–Crippen MR) is 78.5 cm³/mol. The zero-order chi connectivity index (χ0) is 16.5. The molecule has 4 N–H and O–H groups in total. The molecule has 0 bridgehead atoms. The van der Waals surface area contributed by atoms with Gasteiger partial charge in [0.2, 0.25) is 11.4 Å². The summed E-state index contributed by atoms with van der Waals surface area (Å²) in [6.07, 6.45) is 1.57. The highest BCUT2D eigenvalue weighted by molar-refractivity contribution is 6.08. The molecular formula is C15H16N2O5. The van der Waals surface area contributed by atoms with Crippen LogP contribution in [0.3, 0.4) is 0 Å². The van der Waals surface area contributed by atoms with E-state index < -0.39 is 29.3 Å². The topological polar surface area (TPSA) is 119 Å². The number of aliphatic carboxylic acids is 2. The summed E-state index contributed by atoms with van der Waals surface area (Å²) >= 11 is 0. The molecular weight excluding hydrogens is 288 g/mol. The number of hydrogen-bond donors (Lipinski definition) is 4. The lowest BCUT2D eigenvalue weighted by Crippen LogP contribution is -2.62. The van der Waals surface area contributed by atoms with Crippen LogP contribution in [0.25, 0.3) is 10.9 Å². The molecule has 0 saturated heterocycles. The number of aromatic nitrogens is 1. The number of benzene rings is 1. The molecule has 0 aliphatic carbocycles. The molecule has 22 heavy (non-hydrogen) atoms. The van der Waals surface area contributed by atoms with Gasteiger partial charge in [-0.3, -0.25) is 4.79 Å². The molecule has 0 spiro atoms.